The summed E-state index contributed by atoms with van der Waals surface area (Å²) in [6.45, 7) is 1.33. The average Bonchev–Trinajstić information content (AvgIpc) is 3.44. The van der Waals surface area contributed by atoms with Gasteiger partial charge in [0.15, 0.2) is 12.1 Å². The maximum absolute atomic E-state index is 12.2. The molecule has 30 heavy (non-hydrogen) atoms. The fourth-order valence-electron chi connectivity index (χ4n) is 5.16. The number of hydrogen-bond acceptors (Lipinski definition) is 6. The monoisotopic (exact) mass is 417 g/mol. The predicted molar refractivity (Wildman–Crippen MR) is 107 cm³/mol. The number of aliphatic hydroxyl groups excluding tert-OH is 1. The van der Waals surface area contributed by atoms with E-state index in [1.807, 2.05) is 30.3 Å². The van der Waals surface area contributed by atoms with E-state index in [2.05, 4.69) is 0 Å². The fourth-order valence-corrected chi connectivity index (χ4v) is 5.16. The number of β-amino-alcohol motifs (C(OH)–C–C–N with tert-alkyl or cyclic N) is 1. The minimum Gasteiger partial charge on any atom is -0.388 e. The number of amides is 1. The molecule has 7 heteroatoms. The molecule has 1 aliphatic carbocycles. The second-order valence-electron chi connectivity index (χ2n) is 8.91. The summed E-state index contributed by atoms with van der Waals surface area (Å²) in [6, 6.07) is 9.94. The van der Waals surface area contributed by atoms with Gasteiger partial charge in [-0.25, -0.2) is 0 Å². The van der Waals surface area contributed by atoms with Gasteiger partial charge in [0.05, 0.1) is 6.61 Å². The van der Waals surface area contributed by atoms with Crippen LogP contribution in [0.25, 0.3) is 0 Å². The topological polar surface area (TPSA) is 77.5 Å². The molecule has 5 rings (SSSR count). The molecular weight excluding hydrogens is 386 g/mol. The van der Waals surface area contributed by atoms with E-state index >= 15 is 0 Å². The smallest absolute Gasteiger partial charge is 0.222 e. The van der Waals surface area contributed by atoms with Crippen LogP contribution in [0.4, 0.5) is 0 Å². The van der Waals surface area contributed by atoms with Gasteiger partial charge >= 0.3 is 0 Å². The lowest BCUT2D eigenvalue weighted by molar-refractivity contribution is -0.243. The Bertz CT molecular complexity index is 736. The number of hydrogen-bond donors (Lipinski definition) is 1. The minimum absolute atomic E-state index is 0.0950. The summed E-state index contributed by atoms with van der Waals surface area (Å²) >= 11 is 0. The van der Waals surface area contributed by atoms with Crippen molar-refractivity contribution in [2.24, 2.45) is 0 Å². The zero-order valence-electron chi connectivity index (χ0n) is 17.3. The molecule has 3 aliphatic heterocycles. The highest BCUT2D eigenvalue weighted by atomic mass is 16.8. The van der Waals surface area contributed by atoms with Gasteiger partial charge < -0.3 is 29.0 Å². The van der Waals surface area contributed by atoms with Gasteiger partial charge in [0.25, 0.3) is 0 Å². The quantitative estimate of drug-likeness (QED) is 0.766. The van der Waals surface area contributed by atoms with E-state index in [1.54, 1.807) is 4.90 Å². The van der Waals surface area contributed by atoms with Crippen molar-refractivity contribution in [3.8, 4) is 0 Å². The third-order valence-electron chi connectivity index (χ3n) is 6.75. The van der Waals surface area contributed by atoms with Crippen molar-refractivity contribution < 1.29 is 28.8 Å². The van der Waals surface area contributed by atoms with E-state index < -0.39 is 30.4 Å². The van der Waals surface area contributed by atoms with E-state index in [0.717, 1.165) is 44.1 Å². The number of likely N-dealkylation sites (tertiary alicyclic amines) is 1. The number of carbonyl (C=O) groups is 1. The van der Waals surface area contributed by atoms with Gasteiger partial charge in [-0.05, 0) is 31.2 Å². The molecule has 5 atom stereocenters. The van der Waals surface area contributed by atoms with Gasteiger partial charge in [0, 0.05) is 32.4 Å². The van der Waals surface area contributed by atoms with Crippen LogP contribution < -0.4 is 0 Å². The van der Waals surface area contributed by atoms with Gasteiger partial charge in [-0.1, -0.05) is 30.3 Å². The molecule has 3 saturated heterocycles. The van der Waals surface area contributed by atoms with Crippen LogP contribution in [0.1, 0.15) is 50.5 Å². The molecular formula is C23H31NO6. The molecule has 0 bridgehead atoms. The summed E-state index contributed by atoms with van der Waals surface area (Å²) in [5, 5.41) is 11.0. The van der Waals surface area contributed by atoms with Crippen molar-refractivity contribution in [3.05, 3.63) is 35.9 Å². The molecule has 1 amide bonds. The molecule has 1 aromatic carbocycles. The van der Waals surface area contributed by atoms with Crippen LogP contribution in [0.15, 0.2) is 30.3 Å². The molecule has 1 spiro atoms. The first-order valence-electron chi connectivity index (χ1n) is 11.3. The molecule has 164 valence electrons. The number of rotatable bonds is 6. The number of nitrogens with zero attached hydrogens (tertiary/aromatic N) is 1. The zero-order chi connectivity index (χ0) is 20.6. The third kappa shape index (κ3) is 4.01. The number of benzene rings is 1. The molecule has 1 aromatic rings. The molecule has 4 fully saturated rings. The van der Waals surface area contributed by atoms with E-state index in [0.29, 0.717) is 19.6 Å². The highest BCUT2D eigenvalue weighted by Crippen LogP contribution is 2.47. The van der Waals surface area contributed by atoms with Crippen molar-refractivity contribution in [1.29, 1.82) is 0 Å². The third-order valence-corrected chi connectivity index (χ3v) is 6.75. The summed E-state index contributed by atoms with van der Waals surface area (Å²) in [5.41, 5.74) is 1.05. The minimum atomic E-state index is -0.856. The normalized spacial score (nSPS) is 33.9. The maximum Gasteiger partial charge on any atom is 0.222 e. The van der Waals surface area contributed by atoms with E-state index in [9.17, 15) is 9.90 Å². The van der Waals surface area contributed by atoms with Crippen LogP contribution in [-0.4, -0.2) is 65.5 Å². The Labute approximate surface area is 177 Å². The molecule has 0 unspecified atom stereocenters. The van der Waals surface area contributed by atoms with E-state index in [4.69, 9.17) is 18.9 Å². The van der Waals surface area contributed by atoms with Crippen LogP contribution in [0, 0.1) is 0 Å². The van der Waals surface area contributed by atoms with E-state index in [1.165, 1.54) is 0 Å². The summed E-state index contributed by atoms with van der Waals surface area (Å²) < 4.78 is 25.0. The molecule has 1 N–H and O–H groups in total. The van der Waals surface area contributed by atoms with Gasteiger partial charge in [0.2, 0.25) is 5.91 Å². The molecule has 0 aromatic heterocycles. The highest BCUT2D eigenvalue weighted by molar-refractivity contribution is 5.76. The Balaban J connectivity index is 1.30. The van der Waals surface area contributed by atoms with Crippen LogP contribution in [-0.2, 0) is 30.3 Å². The second kappa shape index (κ2) is 8.55. The van der Waals surface area contributed by atoms with Crippen molar-refractivity contribution >= 4 is 5.91 Å². The predicted octanol–water partition coefficient (Wildman–Crippen LogP) is 2.36. The maximum atomic E-state index is 12.2. The summed E-state index contributed by atoms with van der Waals surface area (Å²) in [5.74, 6) is -0.472. The van der Waals surface area contributed by atoms with Gasteiger partial charge in [-0.15, -0.1) is 0 Å². The molecule has 7 nitrogen and oxygen atoms in total. The Morgan fingerprint density at radius 2 is 1.93 bits per heavy atom. The number of carbonyl (C=O) groups excluding carboxylic acids is 1. The Morgan fingerprint density at radius 3 is 2.70 bits per heavy atom. The molecule has 4 aliphatic rings. The van der Waals surface area contributed by atoms with Gasteiger partial charge in [0.1, 0.15) is 24.4 Å². The lowest BCUT2D eigenvalue weighted by atomic mass is 10.0. The van der Waals surface area contributed by atoms with E-state index in [-0.39, 0.29) is 18.6 Å². The standard InChI is InChI=1S/C23H31NO6/c25-17(14-24-13-7-4-10-18(24)26)19-20(27-15-16-8-2-1-3-9-16)21-22(28-19)30-23(29-21)11-5-6-12-23/h1-3,8-9,17,19-22,25H,4-7,10-15H2/t17-,19-,20+,21-,22-/m1/s1. The zero-order valence-corrected chi connectivity index (χ0v) is 17.3. The molecule has 1 saturated carbocycles. The van der Waals surface area contributed by atoms with Crippen LogP contribution in [0.2, 0.25) is 0 Å². The molecule has 3 heterocycles. The first kappa shape index (κ1) is 20.4. The van der Waals surface area contributed by atoms with Crippen LogP contribution >= 0.6 is 0 Å². The van der Waals surface area contributed by atoms with Crippen molar-refractivity contribution in [1.82, 2.24) is 4.90 Å². The summed E-state index contributed by atoms with van der Waals surface area (Å²) in [4.78, 5) is 13.9. The first-order valence-corrected chi connectivity index (χ1v) is 11.3. The van der Waals surface area contributed by atoms with Gasteiger partial charge in [-0.3, -0.25) is 4.79 Å². The fraction of sp³-hybridized carbons (Fsp3) is 0.696. The Hall–Kier alpha value is -1.51. The van der Waals surface area contributed by atoms with Crippen LogP contribution in [0.5, 0.6) is 0 Å². The first-order chi connectivity index (χ1) is 14.6. The van der Waals surface area contributed by atoms with Crippen molar-refractivity contribution in [3.63, 3.8) is 0 Å². The van der Waals surface area contributed by atoms with Gasteiger partial charge in [-0.2, -0.15) is 0 Å². The second-order valence-corrected chi connectivity index (χ2v) is 8.91. The van der Waals surface area contributed by atoms with Crippen molar-refractivity contribution in [2.75, 3.05) is 13.1 Å². The Kier molecular flexibility index (Phi) is 5.82. The van der Waals surface area contributed by atoms with Crippen molar-refractivity contribution in [2.45, 2.75) is 88.0 Å². The number of aliphatic hydroxyl groups is 1. The average molecular weight is 418 g/mol. The Morgan fingerprint density at radius 1 is 1.13 bits per heavy atom. The molecule has 0 radical (unpaired) electrons. The number of fused-ring (bicyclic) bond motifs is 1. The lowest BCUT2D eigenvalue weighted by Gasteiger charge is -2.33. The number of piperidine rings is 1. The SMILES string of the molecule is O=C1CCCCN1C[C@@H](O)[C@H]1O[C@@H]2OC3(CCCC3)O[C@@H]2[C@H]1OCc1ccccc1. The lowest BCUT2D eigenvalue weighted by Crippen LogP contribution is -2.49. The van der Waals surface area contributed by atoms with Crippen LogP contribution in [0.3, 0.4) is 0 Å². The largest absolute Gasteiger partial charge is 0.388 e. The summed E-state index contributed by atoms with van der Waals surface area (Å²) in [6.07, 6.45) is 3.51. The summed E-state index contributed by atoms with van der Waals surface area (Å²) in [7, 11) is 0. The highest BCUT2D eigenvalue weighted by Gasteiger charge is 2.60. The number of ether oxygens (including phenoxy) is 4.